The van der Waals surface area contributed by atoms with Crippen LogP contribution in [0.15, 0.2) is 35.2 Å². The Labute approximate surface area is 310 Å². The minimum absolute atomic E-state index is 0.0354. The monoisotopic (exact) mass is 771 g/mol. The molecule has 3 aromatic carbocycles. The molecule has 5 fully saturated rings. The molecule has 2 N–H and O–H groups in total. The summed E-state index contributed by atoms with van der Waals surface area (Å²) >= 11 is -0.533. The first-order chi connectivity index (χ1) is 25.7. The molecule has 4 aromatic rings. The third kappa shape index (κ3) is 6.27. The summed E-state index contributed by atoms with van der Waals surface area (Å²) in [4.78, 5) is 12.8. The van der Waals surface area contributed by atoms with Crippen molar-refractivity contribution in [2.24, 2.45) is 10.8 Å². The van der Waals surface area contributed by atoms with Gasteiger partial charge >= 0.3 is 11.5 Å². The van der Waals surface area contributed by atoms with Crippen molar-refractivity contribution < 1.29 is 40.6 Å². The van der Waals surface area contributed by atoms with E-state index in [0.717, 1.165) is 37.8 Å². The predicted octanol–water partition coefficient (Wildman–Crippen LogP) is 8.25. The molecule has 9 rings (SSSR count). The number of terminal acetylenes is 1. The fourth-order valence-corrected chi connectivity index (χ4v) is 9.67. The number of nitrogens with one attached hydrogen (secondary N) is 1. The molecule has 1 spiro atoms. The summed E-state index contributed by atoms with van der Waals surface area (Å²) in [5.74, 6) is -2.46. The number of piperazine rings is 1. The van der Waals surface area contributed by atoms with Crippen molar-refractivity contribution in [1.29, 1.82) is 0 Å². The minimum atomic E-state index is -4.85. The lowest BCUT2D eigenvalue weighted by Crippen LogP contribution is -2.51. The first kappa shape index (κ1) is 35.7. The van der Waals surface area contributed by atoms with Crippen molar-refractivity contribution in [1.82, 2.24) is 20.2 Å². The van der Waals surface area contributed by atoms with Crippen LogP contribution < -0.4 is 15.0 Å². The zero-order chi connectivity index (χ0) is 37.8. The van der Waals surface area contributed by atoms with Crippen LogP contribution in [0.25, 0.3) is 32.8 Å². The lowest BCUT2D eigenvalue weighted by Gasteiger charge is -2.35. The molecule has 0 radical (unpaired) electrons. The zero-order valence-electron chi connectivity index (χ0n) is 29.0. The lowest BCUT2D eigenvalue weighted by atomic mass is 9.92. The van der Waals surface area contributed by atoms with E-state index >= 15 is 8.78 Å². The first-order valence-corrected chi connectivity index (χ1v) is 18.9. The molecule has 15 heteroatoms. The van der Waals surface area contributed by atoms with E-state index in [9.17, 15) is 27.1 Å². The Morgan fingerprint density at radius 2 is 1.72 bits per heavy atom. The van der Waals surface area contributed by atoms with Crippen LogP contribution in [0.3, 0.4) is 0 Å². The van der Waals surface area contributed by atoms with Crippen LogP contribution in [-0.2, 0) is 0 Å². The molecule has 7 nitrogen and oxygen atoms in total. The molecule has 3 aliphatic heterocycles. The Bertz CT molecular complexity index is 2220. The van der Waals surface area contributed by atoms with Gasteiger partial charge in [-0.1, -0.05) is 12.0 Å². The number of alkyl halides is 5. The number of thioether (sulfide) groups is 1. The number of hydrogen-bond donors (Lipinski definition) is 2. The fraction of sp³-hybridized carbons (Fsp3) is 0.487. The number of halogens is 7. The SMILES string of the molecule is C#Cc1c(F)ccc2cc(O)cc(-c3c(SC(F)(F)F)cc4c(N5CC6CCC(C5)N6)nc(OCC5(CN6CCC7(CC6)CC7(F)F)CC5)nc4c3F)c12. The molecule has 54 heavy (non-hydrogen) atoms. The van der Waals surface area contributed by atoms with E-state index in [0.29, 0.717) is 45.6 Å². The van der Waals surface area contributed by atoms with Crippen LogP contribution in [-0.4, -0.2) is 82.8 Å². The normalized spacial score (nSPS) is 23.9. The molecular weight excluding hydrogens is 736 g/mol. The van der Waals surface area contributed by atoms with Gasteiger partial charge in [-0.2, -0.15) is 23.1 Å². The van der Waals surface area contributed by atoms with Crippen LogP contribution >= 0.6 is 11.8 Å². The number of nitrogens with zero attached hydrogens (tertiary/aromatic N) is 4. The van der Waals surface area contributed by atoms with Gasteiger partial charge in [-0.05, 0) is 98.6 Å². The maximum Gasteiger partial charge on any atom is 0.446 e. The van der Waals surface area contributed by atoms with E-state index in [-0.39, 0.29) is 80.9 Å². The van der Waals surface area contributed by atoms with E-state index < -0.39 is 50.7 Å². The number of piperidine rings is 1. The van der Waals surface area contributed by atoms with Crippen LogP contribution in [0.5, 0.6) is 11.8 Å². The topological polar surface area (TPSA) is 73.8 Å². The van der Waals surface area contributed by atoms with Crippen LogP contribution in [0.1, 0.15) is 50.5 Å². The van der Waals surface area contributed by atoms with Crippen LogP contribution in [0.2, 0.25) is 0 Å². The molecule has 3 saturated heterocycles. The van der Waals surface area contributed by atoms with Gasteiger partial charge in [0, 0.05) is 70.2 Å². The Morgan fingerprint density at radius 3 is 2.35 bits per heavy atom. The number of likely N-dealkylation sites (tertiary alicyclic amines) is 1. The summed E-state index contributed by atoms with van der Waals surface area (Å²) < 4.78 is 109. The van der Waals surface area contributed by atoms with Crippen molar-refractivity contribution in [3.63, 3.8) is 0 Å². The van der Waals surface area contributed by atoms with Gasteiger partial charge in [0.1, 0.15) is 22.9 Å². The summed E-state index contributed by atoms with van der Waals surface area (Å²) in [6.07, 6.45) is 9.98. The van der Waals surface area contributed by atoms with Crippen LogP contribution in [0, 0.1) is 34.8 Å². The number of phenols is 1. The summed E-state index contributed by atoms with van der Waals surface area (Å²) in [5.41, 5.74) is -7.35. The predicted molar refractivity (Wildman–Crippen MR) is 191 cm³/mol. The summed E-state index contributed by atoms with van der Waals surface area (Å²) in [7, 11) is 0. The molecule has 0 amide bonds. The second-order valence-corrected chi connectivity index (χ2v) is 16.9. The highest BCUT2D eigenvalue weighted by molar-refractivity contribution is 8.00. The van der Waals surface area contributed by atoms with E-state index in [1.807, 2.05) is 4.90 Å². The molecule has 2 saturated carbocycles. The maximum absolute atomic E-state index is 17.4. The molecule has 2 atom stereocenters. The lowest BCUT2D eigenvalue weighted by molar-refractivity contribution is -0.0328. The van der Waals surface area contributed by atoms with Gasteiger partial charge < -0.3 is 25.0 Å². The van der Waals surface area contributed by atoms with Crippen LogP contribution in [0.4, 0.5) is 36.6 Å². The van der Waals surface area contributed by atoms with Gasteiger partial charge in [0.2, 0.25) is 0 Å². The Kier molecular flexibility index (Phi) is 8.27. The second-order valence-electron chi connectivity index (χ2n) is 15.8. The highest BCUT2D eigenvalue weighted by atomic mass is 32.2. The smallest absolute Gasteiger partial charge is 0.446 e. The summed E-state index contributed by atoms with van der Waals surface area (Å²) in [6, 6.07) is 6.00. The van der Waals surface area contributed by atoms with Crippen molar-refractivity contribution >= 4 is 39.3 Å². The number of aromatic nitrogens is 2. The molecule has 5 aliphatic rings. The number of phenolic OH excluding ortho intramolecular Hbond substituents is 1. The van der Waals surface area contributed by atoms with E-state index in [4.69, 9.17) is 16.1 Å². The average molecular weight is 772 g/mol. The highest BCUT2D eigenvalue weighted by Gasteiger charge is 2.70. The average Bonchev–Trinajstić information content (AvgIpc) is 3.96. The largest absolute Gasteiger partial charge is 0.508 e. The summed E-state index contributed by atoms with van der Waals surface area (Å²) in [6.45, 7) is 2.93. The second kappa shape index (κ2) is 12.5. The summed E-state index contributed by atoms with van der Waals surface area (Å²) in [5, 5.41) is 14.4. The third-order valence-corrected chi connectivity index (χ3v) is 12.9. The van der Waals surface area contributed by atoms with Gasteiger partial charge in [-0.25, -0.2) is 17.6 Å². The van der Waals surface area contributed by atoms with Crippen molar-refractivity contribution in [2.45, 2.75) is 73.4 Å². The molecule has 2 bridgehead atoms. The molecule has 1 aromatic heterocycles. The van der Waals surface area contributed by atoms with Gasteiger partial charge in [0.05, 0.1) is 12.2 Å². The minimum Gasteiger partial charge on any atom is -0.508 e. The van der Waals surface area contributed by atoms with E-state index in [2.05, 4.69) is 21.1 Å². The number of anilines is 1. The Morgan fingerprint density at radius 1 is 1.02 bits per heavy atom. The maximum atomic E-state index is 17.4. The molecular formula is C39H36F7N5O2S. The molecule has 284 valence electrons. The zero-order valence-corrected chi connectivity index (χ0v) is 29.8. The molecule has 2 unspecified atom stereocenters. The standard InChI is InChI=1S/C39H36F7N5O2S/c1-2-25-28(40)6-3-21-13-24(52)14-26(30(21)25)31-29(54-39(44,45)46)15-27-33(32(31)41)48-35(49-34(27)51-16-22-4-5-23(17-51)47-22)53-20-36(7-8-36)19-50-11-9-37(10-12-50)18-38(37,42)43/h1,3,6,13-15,22-23,47,52H,4-5,7-12,16-20H2. The number of benzene rings is 3. The van der Waals surface area contributed by atoms with E-state index in [1.54, 1.807) is 0 Å². The quantitative estimate of drug-likeness (QED) is 0.106. The molecule has 4 heterocycles. The van der Waals surface area contributed by atoms with Gasteiger partial charge in [0.25, 0.3) is 5.92 Å². The first-order valence-electron chi connectivity index (χ1n) is 18.1. The van der Waals surface area contributed by atoms with Gasteiger partial charge in [-0.15, -0.1) is 6.42 Å². The fourth-order valence-electron chi connectivity index (χ4n) is 8.94. The highest BCUT2D eigenvalue weighted by Crippen LogP contribution is 2.66. The number of fused-ring (bicyclic) bond motifs is 4. The van der Waals surface area contributed by atoms with Gasteiger partial charge in [0.15, 0.2) is 5.82 Å². The number of rotatable bonds is 8. The number of ether oxygens (including phenoxy) is 1. The van der Waals surface area contributed by atoms with Crippen molar-refractivity contribution in [3.8, 4) is 35.2 Å². The van der Waals surface area contributed by atoms with Crippen molar-refractivity contribution in [3.05, 3.63) is 47.5 Å². The van der Waals surface area contributed by atoms with E-state index in [1.165, 1.54) is 18.2 Å². The number of aromatic hydroxyl groups is 1. The number of hydrogen-bond acceptors (Lipinski definition) is 8. The Hall–Kier alpha value is -4.00. The Balaban J connectivity index is 1.14. The third-order valence-electron chi connectivity index (χ3n) is 12.1. The van der Waals surface area contributed by atoms with Gasteiger partial charge in [-0.3, -0.25) is 0 Å². The van der Waals surface area contributed by atoms with Crippen molar-refractivity contribution in [2.75, 3.05) is 44.2 Å². The molecule has 2 aliphatic carbocycles.